The molecule has 2 amide bonds. The van der Waals surface area contributed by atoms with Crippen LogP contribution in [-0.2, 0) is 26.2 Å². The molecular formula is C25H34BrN3O4S. The van der Waals surface area contributed by atoms with Crippen LogP contribution in [0.3, 0.4) is 0 Å². The van der Waals surface area contributed by atoms with Crippen molar-refractivity contribution < 1.29 is 18.0 Å². The Hall–Kier alpha value is -2.39. The summed E-state index contributed by atoms with van der Waals surface area (Å²) in [6, 6.07) is 12.0. The van der Waals surface area contributed by atoms with Gasteiger partial charge in [0.05, 0.1) is 11.9 Å². The Morgan fingerprint density at radius 1 is 1.09 bits per heavy atom. The van der Waals surface area contributed by atoms with Gasteiger partial charge in [-0.05, 0) is 62.1 Å². The summed E-state index contributed by atoms with van der Waals surface area (Å²) in [5, 5.41) is 2.88. The molecular weight excluding hydrogens is 518 g/mol. The third-order valence-corrected chi connectivity index (χ3v) is 7.74. The summed E-state index contributed by atoms with van der Waals surface area (Å²) in [6.45, 7) is 7.82. The highest BCUT2D eigenvalue weighted by atomic mass is 79.9. The van der Waals surface area contributed by atoms with Crippen LogP contribution in [0.2, 0.25) is 0 Å². The first kappa shape index (κ1) is 27.9. The summed E-state index contributed by atoms with van der Waals surface area (Å²) < 4.78 is 27.2. The van der Waals surface area contributed by atoms with E-state index in [0.717, 1.165) is 44.6 Å². The average Bonchev–Trinajstić information content (AvgIpc) is 2.77. The molecule has 0 bridgehead atoms. The number of benzene rings is 2. The lowest BCUT2D eigenvalue weighted by Gasteiger charge is -2.32. The molecule has 186 valence electrons. The number of nitrogens with zero attached hydrogens (tertiary/aromatic N) is 2. The van der Waals surface area contributed by atoms with Gasteiger partial charge in [0.2, 0.25) is 21.8 Å². The van der Waals surface area contributed by atoms with Crippen LogP contribution in [-0.4, -0.2) is 50.5 Å². The van der Waals surface area contributed by atoms with Gasteiger partial charge in [-0.15, -0.1) is 0 Å². The Bertz CT molecular complexity index is 1120. The van der Waals surface area contributed by atoms with Crippen LogP contribution in [0.5, 0.6) is 0 Å². The summed E-state index contributed by atoms with van der Waals surface area (Å²) in [5.41, 5.74) is 3.13. The molecule has 7 nitrogen and oxygen atoms in total. The largest absolute Gasteiger partial charge is 0.354 e. The van der Waals surface area contributed by atoms with E-state index in [4.69, 9.17) is 0 Å². The van der Waals surface area contributed by atoms with Gasteiger partial charge < -0.3 is 10.2 Å². The summed E-state index contributed by atoms with van der Waals surface area (Å²) in [7, 11) is -3.75. The second-order valence-electron chi connectivity index (χ2n) is 8.47. The minimum absolute atomic E-state index is 0.199. The van der Waals surface area contributed by atoms with Gasteiger partial charge in [0.15, 0.2) is 0 Å². The number of hydrogen-bond acceptors (Lipinski definition) is 4. The zero-order valence-corrected chi connectivity index (χ0v) is 22.9. The van der Waals surface area contributed by atoms with E-state index in [2.05, 4.69) is 21.2 Å². The fourth-order valence-electron chi connectivity index (χ4n) is 3.49. The Morgan fingerprint density at radius 2 is 1.76 bits per heavy atom. The van der Waals surface area contributed by atoms with Crippen molar-refractivity contribution in [2.75, 3.05) is 23.7 Å². The number of aryl methyl sites for hydroxylation is 2. The summed E-state index contributed by atoms with van der Waals surface area (Å²) in [6.07, 6.45) is 2.86. The Balaban J connectivity index is 2.38. The molecule has 0 aliphatic rings. The van der Waals surface area contributed by atoms with E-state index in [0.29, 0.717) is 12.2 Å². The number of carbonyl (C=O) groups excluding carboxylic acids is 2. The number of amides is 2. The molecule has 0 aliphatic carbocycles. The van der Waals surface area contributed by atoms with Gasteiger partial charge in [-0.25, -0.2) is 8.42 Å². The van der Waals surface area contributed by atoms with Gasteiger partial charge in [-0.1, -0.05) is 53.5 Å². The predicted molar refractivity (Wildman–Crippen MR) is 140 cm³/mol. The molecule has 1 atom stereocenters. The van der Waals surface area contributed by atoms with E-state index in [9.17, 15) is 18.0 Å². The average molecular weight is 553 g/mol. The molecule has 0 radical (unpaired) electrons. The smallest absolute Gasteiger partial charge is 0.244 e. The van der Waals surface area contributed by atoms with Crippen molar-refractivity contribution in [3.8, 4) is 0 Å². The molecule has 2 aromatic rings. The Kier molecular flexibility index (Phi) is 10.1. The zero-order chi connectivity index (χ0) is 25.5. The summed E-state index contributed by atoms with van der Waals surface area (Å²) in [4.78, 5) is 27.8. The number of sulfonamides is 1. The molecule has 1 unspecified atom stereocenters. The van der Waals surface area contributed by atoms with E-state index in [-0.39, 0.29) is 12.5 Å². The van der Waals surface area contributed by atoms with Crippen LogP contribution in [0.25, 0.3) is 0 Å². The topological polar surface area (TPSA) is 86.8 Å². The quantitative estimate of drug-likeness (QED) is 0.424. The van der Waals surface area contributed by atoms with Gasteiger partial charge in [0, 0.05) is 17.6 Å². The van der Waals surface area contributed by atoms with Crippen molar-refractivity contribution >= 4 is 43.5 Å². The Labute approximate surface area is 211 Å². The van der Waals surface area contributed by atoms with Crippen LogP contribution < -0.4 is 9.62 Å². The molecule has 0 saturated carbocycles. The van der Waals surface area contributed by atoms with Crippen molar-refractivity contribution in [1.29, 1.82) is 0 Å². The van der Waals surface area contributed by atoms with Crippen LogP contribution >= 0.6 is 15.9 Å². The second-order valence-corrected chi connectivity index (χ2v) is 11.2. The van der Waals surface area contributed by atoms with Gasteiger partial charge in [0.1, 0.15) is 12.6 Å². The van der Waals surface area contributed by atoms with Crippen molar-refractivity contribution in [3.63, 3.8) is 0 Å². The van der Waals surface area contributed by atoms with Crippen LogP contribution in [0.4, 0.5) is 5.69 Å². The highest BCUT2D eigenvalue weighted by molar-refractivity contribution is 9.10. The second kappa shape index (κ2) is 12.4. The molecule has 1 N–H and O–H groups in total. The first-order valence-corrected chi connectivity index (χ1v) is 13.9. The number of nitrogens with one attached hydrogen (secondary N) is 1. The van der Waals surface area contributed by atoms with Gasteiger partial charge >= 0.3 is 0 Å². The molecule has 9 heteroatoms. The first-order chi connectivity index (χ1) is 16.0. The van der Waals surface area contributed by atoms with E-state index < -0.39 is 28.5 Å². The molecule has 2 rings (SSSR count). The molecule has 34 heavy (non-hydrogen) atoms. The maximum atomic E-state index is 13.5. The van der Waals surface area contributed by atoms with E-state index in [1.807, 2.05) is 45.0 Å². The third kappa shape index (κ3) is 7.56. The monoisotopic (exact) mass is 551 g/mol. The van der Waals surface area contributed by atoms with Crippen LogP contribution in [0.1, 0.15) is 43.4 Å². The minimum Gasteiger partial charge on any atom is -0.354 e. The zero-order valence-electron chi connectivity index (χ0n) is 20.5. The van der Waals surface area contributed by atoms with Crippen molar-refractivity contribution in [1.82, 2.24) is 10.2 Å². The van der Waals surface area contributed by atoms with E-state index in [1.165, 1.54) is 4.90 Å². The standard InChI is InChI=1S/C25H34BrN3O4S/c1-6-7-14-27-25(31)20(4)28(16-21-11-9-8-10-18(21)2)24(30)17-29(34(5,32)33)22-12-13-23(26)19(3)15-22/h8-13,15,20H,6-7,14,16-17H2,1-5H3,(H,27,31). The number of rotatable bonds is 11. The predicted octanol–water partition coefficient (Wildman–Crippen LogP) is 4.17. The van der Waals surface area contributed by atoms with E-state index in [1.54, 1.807) is 25.1 Å². The summed E-state index contributed by atoms with van der Waals surface area (Å²) in [5.74, 6) is -0.715. The van der Waals surface area contributed by atoms with Gasteiger partial charge in [0.25, 0.3) is 0 Å². The number of unbranched alkanes of at least 4 members (excludes halogenated alkanes) is 1. The van der Waals surface area contributed by atoms with Crippen molar-refractivity contribution in [3.05, 3.63) is 63.6 Å². The van der Waals surface area contributed by atoms with Crippen molar-refractivity contribution in [2.45, 2.75) is 53.1 Å². The minimum atomic E-state index is -3.75. The number of hydrogen-bond donors (Lipinski definition) is 1. The van der Waals surface area contributed by atoms with Gasteiger partial charge in [-0.2, -0.15) is 0 Å². The fraction of sp³-hybridized carbons (Fsp3) is 0.440. The lowest BCUT2D eigenvalue weighted by Crippen LogP contribution is -2.51. The highest BCUT2D eigenvalue weighted by Gasteiger charge is 2.30. The molecule has 0 spiro atoms. The lowest BCUT2D eigenvalue weighted by molar-refractivity contribution is -0.139. The maximum Gasteiger partial charge on any atom is 0.244 e. The lowest BCUT2D eigenvalue weighted by atomic mass is 10.1. The van der Waals surface area contributed by atoms with Crippen molar-refractivity contribution in [2.24, 2.45) is 0 Å². The van der Waals surface area contributed by atoms with Crippen LogP contribution in [0, 0.1) is 13.8 Å². The number of halogens is 1. The number of carbonyl (C=O) groups is 2. The Morgan fingerprint density at radius 3 is 2.35 bits per heavy atom. The van der Waals surface area contributed by atoms with Gasteiger partial charge in [-0.3, -0.25) is 13.9 Å². The number of anilines is 1. The first-order valence-electron chi connectivity index (χ1n) is 11.3. The molecule has 0 aliphatic heterocycles. The van der Waals surface area contributed by atoms with E-state index >= 15 is 0 Å². The fourth-order valence-corrected chi connectivity index (χ4v) is 4.58. The molecule has 0 saturated heterocycles. The van der Waals surface area contributed by atoms with Crippen LogP contribution in [0.15, 0.2) is 46.9 Å². The maximum absolute atomic E-state index is 13.5. The molecule has 0 aromatic heterocycles. The molecule has 0 heterocycles. The molecule has 0 fully saturated rings. The molecule has 2 aromatic carbocycles. The third-order valence-electron chi connectivity index (χ3n) is 5.71. The summed E-state index contributed by atoms with van der Waals surface area (Å²) >= 11 is 3.42. The highest BCUT2D eigenvalue weighted by Crippen LogP contribution is 2.25. The SMILES string of the molecule is CCCCNC(=O)C(C)N(Cc1ccccc1C)C(=O)CN(c1ccc(Br)c(C)c1)S(C)(=O)=O. The normalized spacial score (nSPS) is 12.2.